The van der Waals surface area contributed by atoms with Gasteiger partial charge in [0.1, 0.15) is 18.3 Å². The van der Waals surface area contributed by atoms with Crippen LogP contribution in [0.25, 0.3) is 0 Å². The number of benzene rings is 3. The molecular formula is C24H21NO4S. The molecule has 0 aliphatic carbocycles. The van der Waals surface area contributed by atoms with Crippen molar-refractivity contribution in [3.63, 3.8) is 0 Å². The fourth-order valence-electron chi connectivity index (χ4n) is 3.06. The zero-order valence-corrected chi connectivity index (χ0v) is 17.0. The van der Waals surface area contributed by atoms with Crippen LogP contribution in [0.5, 0.6) is 11.5 Å². The van der Waals surface area contributed by atoms with Crippen molar-refractivity contribution in [1.29, 1.82) is 0 Å². The van der Waals surface area contributed by atoms with Gasteiger partial charge in [0.15, 0.2) is 17.5 Å². The van der Waals surface area contributed by atoms with Gasteiger partial charge < -0.3 is 14.6 Å². The van der Waals surface area contributed by atoms with Crippen LogP contribution in [0.15, 0.2) is 83.9 Å². The first-order valence-electron chi connectivity index (χ1n) is 9.61. The van der Waals surface area contributed by atoms with Crippen LogP contribution < -0.4 is 9.47 Å². The molecule has 6 heteroatoms. The Kier molecular flexibility index (Phi) is 6.35. The number of carboxylic acids is 1. The minimum absolute atomic E-state index is 0.375. The van der Waals surface area contributed by atoms with E-state index in [-0.39, 0.29) is 0 Å². The average molecular weight is 420 g/mol. The van der Waals surface area contributed by atoms with E-state index in [2.05, 4.69) is 4.99 Å². The van der Waals surface area contributed by atoms with E-state index in [4.69, 9.17) is 9.47 Å². The maximum Gasteiger partial charge on any atom is 0.329 e. The Morgan fingerprint density at radius 1 is 0.900 bits per heavy atom. The van der Waals surface area contributed by atoms with Crippen molar-refractivity contribution < 1.29 is 19.4 Å². The largest absolute Gasteiger partial charge is 0.485 e. The number of thioether (sulfide) groups is 1. The standard InChI is InChI=1S/C24H21NO4S/c26-24(27)20-16-30-23(25-20)19-12-7-13-21(28-14-17-8-3-1-4-9-17)22(19)29-15-18-10-5-2-6-11-18/h1-13,20H,14-16H2,(H,26,27)/t20-/m0/s1. The second-order valence-corrected chi connectivity index (χ2v) is 7.79. The Bertz CT molecular complexity index is 1040. The van der Waals surface area contributed by atoms with Crippen molar-refractivity contribution in [2.24, 2.45) is 4.99 Å². The van der Waals surface area contributed by atoms with Gasteiger partial charge in [0.05, 0.1) is 5.56 Å². The van der Waals surface area contributed by atoms with Crippen molar-refractivity contribution in [2.75, 3.05) is 5.75 Å². The van der Waals surface area contributed by atoms with Crippen LogP contribution in [-0.4, -0.2) is 27.9 Å². The van der Waals surface area contributed by atoms with E-state index in [1.807, 2.05) is 78.9 Å². The molecular weight excluding hydrogens is 398 g/mol. The van der Waals surface area contributed by atoms with Crippen LogP contribution in [0.2, 0.25) is 0 Å². The van der Waals surface area contributed by atoms with Gasteiger partial charge in [0.25, 0.3) is 0 Å². The molecule has 4 rings (SSSR count). The molecule has 1 aliphatic heterocycles. The van der Waals surface area contributed by atoms with Gasteiger partial charge in [0, 0.05) is 5.75 Å². The number of para-hydroxylation sites is 1. The summed E-state index contributed by atoms with van der Waals surface area (Å²) in [6, 6.07) is 24.7. The normalized spacial score (nSPS) is 15.5. The lowest BCUT2D eigenvalue weighted by Crippen LogP contribution is -2.17. The summed E-state index contributed by atoms with van der Waals surface area (Å²) in [5.41, 5.74) is 2.84. The van der Waals surface area contributed by atoms with Gasteiger partial charge in [-0.3, -0.25) is 4.99 Å². The fourth-order valence-corrected chi connectivity index (χ4v) is 4.11. The summed E-state index contributed by atoms with van der Waals surface area (Å²) in [5, 5.41) is 9.95. The van der Waals surface area contributed by atoms with Crippen LogP contribution in [0.3, 0.4) is 0 Å². The van der Waals surface area contributed by atoms with Gasteiger partial charge in [-0.1, -0.05) is 66.7 Å². The highest BCUT2D eigenvalue weighted by Gasteiger charge is 2.27. The predicted molar refractivity (Wildman–Crippen MR) is 118 cm³/mol. The van der Waals surface area contributed by atoms with Crippen LogP contribution in [-0.2, 0) is 18.0 Å². The van der Waals surface area contributed by atoms with E-state index >= 15 is 0 Å². The Labute approximate surface area is 179 Å². The third kappa shape index (κ3) is 4.83. The molecule has 0 radical (unpaired) electrons. The van der Waals surface area contributed by atoms with Gasteiger partial charge in [-0.15, -0.1) is 11.8 Å². The molecule has 3 aromatic rings. The van der Waals surface area contributed by atoms with Gasteiger partial charge in [-0.05, 0) is 23.3 Å². The van der Waals surface area contributed by atoms with E-state index in [9.17, 15) is 9.90 Å². The topological polar surface area (TPSA) is 68.1 Å². The van der Waals surface area contributed by atoms with E-state index in [1.54, 1.807) is 0 Å². The van der Waals surface area contributed by atoms with E-state index < -0.39 is 12.0 Å². The lowest BCUT2D eigenvalue weighted by atomic mass is 10.2. The number of ether oxygens (including phenoxy) is 2. The molecule has 0 saturated heterocycles. The van der Waals surface area contributed by atoms with E-state index in [0.29, 0.717) is 35.5 Å². The predicted octanol–water partition coefficient (Wildman–Crippen LogP) is 4.79. The van der Waals surface area contributed by atoms with Crippen molar-refractivity contribution in [3.05, 3.63) is 95.6 Å². The molecule has 0 fully saturated rings. The van der Waals surface area contributed by atoms with Gasteiger partial charge in [-0.2, -0.15) is 0 Å². The van der Waals surface area contributed by atoms with Crippen LogP contribution in [0, 0.1) is 0 Å². The second-order valence-electron chi connectivity index (χ2n) is 6.78. The molecule has 1 N–H and O–H groups in total. The molecule has 0 aromatic heterocycles. The van der Waals surface area contributed by atoms with Crippen molar-refractivity contribution in [2.45, 2.75) is 19.3 Å². The zero-order chi connectivity index (χ0) is 20.8. The SMILES string of the molecule is O=C(O)[C@@H]1CSC(c2cccc(OCc3ccccc3)c2OCc2ccccc2)=N1. The Morgan fingerprint density at radius 2 is 1.53 bits per heavy atom. The smallest absolute Gasteiger partial charge is 0.329 e. The third-order valence-corrected chi connectivity index (χ3v) is 5.69. The highest BCUT2D eigenvalue weighted by atomic mass is 32.2. The van der Waals surface area contributed by atoms with Gasteiger partial charge in [0.2, 0.25) is 0 Å². The highest BCUT2D eigenvalue weighted by molar-refractivity contribution is 8.14. The van der Waals surface area contributed by atoms with E-state index in [0.717, 1.165) is 16.7 Å². The lowest BCUT2D eigenvalue weighted by Gasteiger charge is -2.16. The van der Waals surface area contributed by atoms with Crippen molar-refractivity contribution >= 4 is 22.8 Å². The average Bonchev–Trinajstić information content (AvgIpc) is 3.28. The summed E-state index contributed by atoms with van der Waals surface area (Å²) in [4.78, 5) is 15.7. The third-order valence-electron chi connectivity index (χ3n) is 4.61. The minimum Gasteiger partial charge on any atom is -0.485 e. The first kappa shape index (κ1) is 20.0. The maximum atomic E-state index is 11.3. The fraction of sp³-hybridized carbons (Fsp3) is 0.167. The Hall–Kier alpha value is -3.25. The number of hydrogen-bond donors (Lipinski definition) is 1. The molecule has 5 nitrogen and oxygen atoms in total. The number of hydrogen-bond acceptors (Lipinski definition) is 5. The summed E-state index contributed by atoms with van der Waals surface area (Å²) in [6.07, 6.45) is 0. The van der Waals surface area contributed by atoms with Crippen LogP contribution >= 0.6 is 11.8 Å². The Balaban J connectivity index is 1.63. The number of aliphatic carboxylic acids is 1. The lowest BCUT2D eigenvalue weighted by molar-refractivity contribution is -0.137. The van der Waals surface area contributed by atoms with Gasteiger partial charge >= 0.3 is 5.97 Å². The molecule has 0 saturated carbocycles. The number of nitrogens with zero attached hydrogens (tertiary/aromatic N) is 1. The highest BCUT2D eigenvalue weighted by Crippen LogP contribution is 2.37. The molecule has 152 valence electrons. The summed E-state index contributed by atoms with van der Waals surface area (Å²) < 4.78 is 12.3. The molecule has 1 aliphatic rings. The summed E-state index contributed by atoms with van der Waals surface area (Å²) in [6.45, 7) is 0.781. The molecule has 1 atom stereocenters. The molecule has 0 spiro atoms. The van der Waals surface area contributed by atoms with Crippen molar-refractivity contribution in [3.8, 4) is 11.5 Å². The van der Waals surface area contributed by atoms with Crippen LogP contribution in [0.4, 0.5) is 0 Å². The molecule has 0 bridgehead atoms. The zero-order valence-electron chi connectivity index (χ0n) is 16.2. The first-order valence-corrected chi connectivity index (χ1v) is 10.6. The Morgan fingerprint density at radius 3 is 2.13 bits per heavy atom. The van der Waals surface area contributed by atoms with Crippen LogP contribution in [0.1, 0.15) is 16.7 Å². The number of aliphatic imine (C=N–C) groups is 1. The monoisotopic (exact) mass is 419 g/mol. The number of rotatable bonds is 8. The van der Waals surface area contributed by atoms with E-state index in [1.165, 1.54) is 11.8 Å². The molecule has 3 aromatic carbocycles. The maximum absolute atomic E-state index is 11.3. The van der Waals surface area contributed by atoms with Gasteiger partial charge in [-0.25, -0.2) is 4.79 Å². The number of carboxylic acid groups (broad SMARTS) is 1. The molecule has 1 heterocycles. The summed E-state index contributed by atoms with van der Waals surface area (Å²) in [7, 11) is 0. The molecule has 0 unspecified atom stereocenters. The minimum atomic E-state index is -0.916. The summed E-state index contributed by atoms with van der Waals surface area (Å²) in [5.74, 6) is 0.683. The quantitative estimate of drug-likeness (QED) is 0.569. The number of carbonyl (C=O) groups is 1. The summed E-state index contributed by atoms with van der Waals surface area (Å²) >= 11 is 1.42. The molecule has 30 heavy (non-hydrogen) atoms. The van der Waals surface area contributed by atoms with Crippen molar-refractivity contribution in [1.82, 2.24) is 0 Å². The first-order chi connectivity index (χ1) is 14.7. The second kappa shape index (κ2) is 9.50. The molecule has 0 amide bonds.